The molecule has 4 aliphatic rings. The minimum atomic E-state index is -1.37. The van der Waals surface area contributed by atoms with Gasteiger partial charge < -0.3 is 14.9 Å². The maximum Gasteiger partial charge on any atom is 0.317 e. The van der Waals surface area contributed by atoms with E-state index in [4.69, 9.17) is 32.8 Å². The summed E-state index contributed by atoms with van der Waals surface area (Å²) in [5, 5.41) is 51.6. The van der Waals surface area contributed by atoms with Gasteiger partial charge >= 0.3 is 17.9 Å². The van der Waals surface area contributed by atoms with E-state index in [1.807, 2.05) is 0 Å². The highest BCUT2D eigenvalue weighted by Crippen LogP contribution is 2.46. The van der Waals surface area contributed by atoms with E-state index in [1.165, 1.54) is 0 Å². The first-order chi connectivity index (χ1) is 21.3. The van der Waals surface area contributed by atoms with Crippen LogP contribution >= 0.6 is 23.2 Å². The number of rotatable bonds is 11. The number of esters is 1. The lowest BCUT2D eigenvalue weighted by atomic mass is 9.66. The van der Waals surface area contributed by atoms with Gasteiger partial charge in [-0.25, -0.2) is 4.89 Å². The summed E-state index contributed by atoms with van der Waals surface area (Å²) in [5.41, 5.74) is 0. The van der Waals surface area contributed by atoms with E-state index in [1.54, 1.807) is 0 Å². The number of carboxylic acid groups (broad SMARTS) is 2. The largest absolute Gasteiger partial charge is 0.481 e. The van der Waals surface area contributed by atoms with Crippen LogP contribution in [0.3, 0.4) is 0 Å². The fourth-order valence-corrected chi connectivity index (χ4v) is 9.59. The normalized spacial score (nSPS) is 39.7. The van der Waals surface area contributed by atoms with Gasteiger partial charge in [0.05, 0.1) is 23.1 Å². The first kappa shape index (κ1) is 35.6. The Morgan fingerprint density at radius 3 is 1.87 bits per heavy atom. The van der Waals surface area contributed by atoms with E-state index >= 15 is 0 Å². The lowest BCUT2D eigenvalue weighted by molar-refractivity contribution is -0.544. The Labute approximate surface area is 270 Å². The fourth-order valence-electron chi connectivity index (χ4n) is 8.64. The van der Waals surface area contributed by atoms with Crippen molar-refractivity contribution in [3.05, 3.63) is 20.2 Å². The first-order valence-corrected chi connectivity index (χ1v) is 16.7. The highest BCUT2D eigenvalue weighted by atomic mass is 35.5. The molecule has 4 saturated carbocycles. The Hall–Kier alpha value is -2.29. The van der Waals surface area contributed by atoms with Crippen LogP contribution in [0.15, 0.2) is 0 Å². The molecule has 0 amide bonds. The number of hydrogen-bond acceptors (Lipinski definition) is 10. The van der Waals surface area contributed by atoms with Crippen LogP contribution in [0.4, 0.5) is 0 Å². The predicted molar refractivity (Wildman–Crippen MR) is 158 cm³/mol. The van der Waals surface area contributed by atoms with E-state index < -0.39 is 92.4 Å². The van der Waals surface area contributed by atoms with Crippen molar-refractivity contribution in [2.75, 3.05) is 0 Å². The Morgan fingerprint density at radius 1 is 0.778 bits per heavy atom. The summed E-state index contributed by atoms with van der Waals surface area (Å²) >= 11 is 13.5. The van der Waals surface area contributed by atoms with Crippen LogP contribution in [0, 0.1) is 61.7 Å². The topological polar surface area (TPSA) is 217 Å². The molecule has 254 valence electrons. The summed E-state index contributed by atoms with van der Waals surface area (Å²) in [6, 6.07) is -2.47. The fraction of sp³-hybridized carbons (Fsp3) is 0.897. The van der Waals surface area contributed by atoms with Crippen LogP contribution in [-0.4, -0.2) is 78.3 Å². The third-order valence-corrected chi connectivity index (χ3v) is 11.8. The van der Waals surface area contributed by atoms with E-state index in [0.29, 0.717) is 51.4 Å². The van der Waals surface area contributed by atoms with Crippen molar-refractivity contribution in [1.82, 2.24) is 0 Å². The molecular weight excluding hydrogens is 639 g/mol. The number of aliphatic carboxylic acids is 2. The van der Waals surface area contributed by atoms with Crippen molar-refractivity contribution in [3.8, 4) is 0 Å². The predicted octanol–water partition coefficient (Wildman–Crippen LogP) is 4.87. The van der Waals surface area contributed by atoms with E-state index in [0.717, 1.165) is 6.42 Å². The molecule has 13 atom stereocenters. The highest BCUT2D eigenvalue weighted by molar-refractivity contribution is 6.21. The monoisotopic (exact) mass is 680 g/mol. The zero-order valence-electron chi connectivity index (χ0n) is 24.9. The van der Waals surface area contributed by atoms with Crippen molar-refractivity contribution in [3.63, 3.8) is 0 Å². The van der Waals surface area contributed by atoms with Crippen LogP contribution in [0.1, 0.15) is 83.5 Å². The molecule has 45 heavy (non-hydrogen) atoms. The van der Waals surface area contributed by atoms with E-state index in [-0.39, 0.29) is 37.5 Å². The van der Waals surface area contributed by atoms with Crippen molar-refractivity contribution in [2.45, 2.75) is 119 Å². The van der Waals surface area contributed by atoms with Gasteiger partial charge in [0.1, 0.15) is 18.1 Å². The second-order valence-electron chi connectivity index (χ2n) is 13.4. The molecule has 13 unspecified atom stereocenters. The molecule has 4 rings (SSSR count). The average molecular weight is 682 g/mol. The van der Waals surface area contributed by atoms with Crippen molar-refractivity contribution in [1.29, 1.82) is 0 Å². The summed E-state index contributed by atoms with van der Waals surface area (Å²) in [5.74, 6) is -7.96. The van der Waals surface area contributed by atoms with E-state index in [2.05, 4.69) is 0 Å². The third kappa shape index (κ3) is 8.17. The molecule has 0 spiro atoms. The van der Waals surface area contributed by atoms with Crippen molar-refractivity contribution < 1.29 is 49.3 Å². The summed E-state index contributed by atoms with van der Waals surface area (Å²) < 4.78 is 5.63. The molecule has 0 aliphatic heterocycles. The smallest absolute Gasteiger partial charge is 0.317 e. The second kappa shape index (κ2) is 15.5. The van der Waals surface area contributed by atoms with Crippen molar-refractivity contribution >= 4 is 41.1 Å². The SMILES string of the molecule is O=C(O)C1CCCC([N+](=O)[O-])C1C(=O)OC1CCC(CC2CCC(C(OO)C3C(C(=O)O)CCCC3[N+](=O)[O-])C(Cl)C2)CC1Cl. The van der Waals surface area contributed by atoms with Crippen LogP contribution in [0.25, 0.3) is 0 Å². The van der Waals surface area contributed by atoms with Crippen LogP contribution in [0.5, 0.6) is 0 Å². The van der Waals surface area contributed by atoms with Gasteiger partial charge in [0.25, 0.3) is 0 Å². The molecule has 16 heteroatoms. The summed E-state index contributed by atoms with van der Waals surface area (Å²) in [6.45, 7) is 0. The second-order valence-corrected chi connectivity index (χ2v) is 14.5. The van der Waals surface area contributed by atoms with Gasteiger partial charge in [0.2, 0.25) is 12.1 Å². The number of nitro groups is 2. The molecule has 0 aromatic carbocycles. The Kier molecular flexibility index (Phi) is 12.3. The minimum Gasteiger partial charge on any atom is -0.481 e. The highest BCUT2D eigenvalue weighted by Gasteiger charge is 2.53. The minimum absolute atomic E-state index is 0.111. The molecule has 0 heterocycles. The lowest BCUT2D eigenvalue weighted by Crippen LogP contribution is -2.52. The number of alkyl halides is 2. The summed E-state index contributed by atoms with van der Waals surface area (Å²) in [7, 11) is 0. The number of halogens is 2. The molecule has 4 aliphatic carbocycles. The molecule has 0 aromatic rings. The number of hydrogen-bond donors (Lipinski definition) is 3. The Balaban J connectivity index is 1.32. The number of carbonyl (C=O) groups is 3. The molecule has 3 N–H and O–H groups in total. The molecular formula is C29H42Cl2N2O12. The number of ether oxygens (including phenoxy) is 1. The molecule has 0 saturated heterocycles. The molecule has 0 radical (unpaired) electrons. The first-order valence-electron chi connectivity index (χ1n) is 15.8. The molecule has 0 aromatic heterocycles. The van der Waals surface area contributed by atoms with Gasteiger partial charge in [-0.05, 0) is 82.5 Å². The van der Waals surface area contributed by atoms with Crippen LogP contribution in [0.2, 0.25) is 0 Å². The van der Waals surface area contributed by atoms with Crippen LogP contribution < -0.4 is 0 Å². The number of carbonyl (C=O) groups excluding carboxylic acids is 1. The zero-order valence-corrected chi connectivity index (χ0v) is 26.4. The van der Waals surface area contributed by atoms with Gasteiger partial charge in [-0.2, -0.15) is 0 Å². The van der Waals surface area contributed by atoms with Gasteiger partial charge in [0, 0.05) is 34.0 Å². The van der Waals surface area contributed by atoms with Crippen molar-refractivity contribution in [2.24, 2.45) is 41.4 Å². The van der Waals surface area contributed by atoms with Gasteiger partial charge in [-0.15, -0.1) is 23.2 Å². The lowest BCUT2D eigenvalue weighted by Gasteiger charge is -2.43. The van der Waals surface area contributed by atoms with E-state index in [9.17, 15) is 50.1 Å². The zero-order chi connectivity index (χ0) is 33.0. The number of nitrogens with zero attached hydrogens (tertiary/aromatic N) is 2. The molecule has 0 bridgehead atoms. The van der Waals surface area contributed by atoms with Crippen LogP contribution in [-0.2, 0) is 24.0 Å². The van der Waals surface area contributed by atoms with Gasteiger partial charge in [0.15, 0.2) is 0 Å². The number of carboxylic acids is 2. The van der Waals surface area contributed by atoms with Gasteiger partial charge in [-0.1, -0.05) is 0 Å². The standard InChI is InChI=1S/C29H42Cl2N2O12/c30-19-12-14(7-9-16(19)26(45-43)24-17(27(34)35)3-1-5-21(24)32(39)40)11-15-8-10-23(20(31)13-15)44-29(38)25-18(28(36)37)4-2-6-22(25)33(41)42/h14-26,43H,1-13H2,(H,34,35)(H,36,37). The maximum absolute atomic E-state index is 13.1. The average Bonchev–Trinajstić information content (AvgIpc) is 2.99. The molecule has 14 nitrogen and oxygen atoms in total. The molecule has 4 fully saturated rings. The summed E-state index contributed by atoms with van der Waals surface area (Å²) in [6.07, 6.45) is 3.87. The Bertz CT molecular complexity index is 1070. The Morgan fingerprint density at radius 2 is 1.33 bits per heavy atom. The quantitative estimate of drug-likeness (QED) is 0.0875. The maximum atomic E-state index is 13.1. The third-order valence-electron chi connectivity index (χ3n) is 10.8. The van der Waals surface area contributed by atoms with Gasteiger partial charge in [-0.3, -0.25) is 39.9 Å². The summed E-state index contributed by atoms with van der Waals surface area (Å²) in [4.78, 5) is 63.9.